The average Bonchev–Trinajstić information content (AvgIpc) is 2.61. The summed E-state index contributed by atoms with van der Waals surface area (Å²) in [7, 11) is 0. The molecule has 0 aliphatic carbocycles. The van der Waals surface area contributed by atoms with Crippen LogP contribution in [0.4, 0.5) is 0 Å². The highest BCUT2D eigenvalue weighted by molar-refractivity contribution is 5.83. The molecule has 23 heavy (non-hydrogen) atoms. The first-order valence-corrected chi connectivity index (χ1v) is 7.92. The lowest BCUT2D eigenvalue weighted by molar-refractivity contribution is -0.135. The summed E-state index contributed by atoms with van der Waals surface area (Å²) in [5, 5.41) is 12.5. The Morgan fingerprint density at radius 2 is 1.91 bits per heavy atom. The Bertz CT molecular complexity index is 657. The smallest absolute Gasteiger partial charge is 0.254 e. The van der Waals surface area contributed by atoms with E-state index in [2.05, 4.69) is 5.32 Å². The first kappa shape index (κ1) is 15.7. The van der Waals surface area contributed by atoms with E-state index in [-0.39, 0.29) is 18.6 Å². The summed E-state index contributed by atoms with van der Waals surface area (Å²) < 4.78 is 5.67. The van der Waals surface area contributed by atoms with Crippen molar-refractivity contribution in [1.82, 2.24) is 5.32 Å². The van der Waals surface area contributed by atoms with E-state index in [1.807, 2.05) is 54.6 Å². The second kappa shape index (κ2) is 7.40. The molecular formula is C19H21NO3. The maximum Gasteiger partial charge on any atom is 0.254 e. The zero-order chi connectivity index (χ0) is 16.1. The summed E-state index contributed by atoms with van der Waals surface area (Å²) in [5.74, 6) is -0.188. The van der Waals surface area contributed by atoms with Gasteiger partial charge in [0.05, 0.1) is 19.3 Å². The van der Waals surface area contributed by atoms with Crippen molar-refractivity contribution in [3.63, 3.8) is 0 Å². The second-order valence-electron chi connectivity index (χ2n) is 5.78. The van der Waals surface area contributed by atoms with Gasteiger partial charge in [-0.25, -0.2) is 0 Å². The Morgan fingerprint density at radius 1 is 1.17 bits per heavy atom. The zero-order valence-corrected chi connectivity index (χ0v) is 12.9. The number of fused-ring (bicyclic) bond motifs is 1. The number of hydrogen-bond acceptors (Lipinski definition) is 3. The van der Waals surface area contributed by atoms with Crippen molar-refractivity contribution in [3.8, 4) is 0 Å². The predicted molar refractivity (Wildman–Crippen MR) is 88.0 cm³/mol. The van der Waals surface area contributed by atoms with E-state index >= 15 is 0 Å². The molecule has 1 aliphatic heterocycles. The van der Waals surface area contributed by atoms with Gasteiger partial charge in [0.1, 0.15) is 0 Å². The fourth-order valence-electron chi connectivity index (χ4n) is 2.95. The van der Waals surface area contributed by atoms with Gasteiger partial charge in [0.25, 0.3) is 5.91 Å². The Labute approximate surface area is 136 Å². The van der Waals surface area contributed by atoms with Crippen molar-refractivity contribution in [2.75, 3.05) is 13.2 Å². The van der Waals surface area contributed by atoms with E-state index in [4.69, 9.17) is 4.74 Å². The summed E-state index contributed by atoms with van der Waals surface area (Å²) >= 11 is 0. The first-order valence-electron chi connectivity index (χ1n) is 7.92. The van der Waals surface area contributed by atoms with E-state index in [1.165, 1.54) is 0 Å². The molecule has 4 nitrogen and oxygen atoms in total. The molecule has 120 valence electrons. The fourth-order valence-corrected chi connectivity index (χ4v) is 2.95. The van der Waals surface area contributed by atoms with E-state index in [0.29, 0.717) is 13.0 Å². The number of rotatable bonds is 5. The maximum atomic E-state index is 12.6. The van der Waals surface area contributed by atoms with Crippen LogP contribution >= 0.6 is 0 Å². The Balaban J connectivity index is 1.68. The summed E-state index contributed by atoms with van der Waals surface area (Å²) in [4.78, 5) is 12.6. The van der Waals surface area contributed by atoms with Gasteiger partial charge >= 0.3 is 0 Å². The van der Waals surface area contributed by atoms with Gasteiger partial charge < -0.3 is 15.2 Å². The van der Waals surface area contributed by atoms with Crippen molar-refractivity contribution < 1.29 is 14.6 Å². The molecule has 2 N–H and O–H groups in total. The van der Waals surface area contributed by atoms with Gasteiger partial charge in [0.2, 0.25) is 0 Å². The standard InChI is InChI=1S/C19H21NO3/c21-13-16(12-14-6-2-1-3-7-14)20-19(22)18-17-9-5-4-8-15(17)10-11-23-18/h1-9,16,18,21H,10-13H2,(H,20,22)/t16-,18-/m1/s1. The lowest BCUT2D eigenvalue weighted by Crippen LogP contribution is -2.43. The highest BCUT2D eigenvalue weighted by Gasteiger charge is 2.28. The number of amides is 1. The number of nitrogens with one attached hydrogen (secondary N) is 1. The molecule has 3 rings (SSSR count). The van der Waals surface area contributed by atoms with Crippen LogP contribution in [0.5, 0.6) is 0 Å². The lowest BCUT2D eigenvalue weighted by atomic mass is 9.96. The van der Waals surface area contributed by atoms with Crippen LogP contribution in [0, 0.1) is 0 Å². The number of hydrogen-bond donors (Lipinski definition) is 2. The minimum atomic E-state index is -0.593. The number of aliphatic hydroxyl groups excluding tert-OH is 1. The third kappa shape index (κ3) is 3.78. The third-order valence-corrected chi connectivity index (χ3v) is 4.12. The molecule has 2 aromatic carbocycles. The summed E-state index contributed by atoms with van der Waals surface area (Å²) in [6, 6.07) is 17.4. The largest absolute Gasteiger partial charge is 0.394 e. The van der Waals surface area contributed by atoms with E-state index in [1.54, 1.807) is 0 Å². The van der Waals surface area contributed by atoms with Gasteiger partial charge in [-0.15, -0.1) is 0 Å². The second-order valence-corrected chi connectivity index (χ2v) is 5.78. The molecule has 0 radical (unpaired) electrons. The number of carbonyl (C=O) groups is 1. The van der Waals surface area contributed by atoms with Crippen LogP contribution in [0.25, 0.3) is 0 Å². The topological polar surface area (TPSA) is 58.6 Å². The molecule has 0 saturated heterocycles. The molecule has 0 fully saturated rings. The Morgan fingerprint density at radius 3 is 2.70 bits per heavy atom. The first-order chi connectivity index (χ1) is 11.3. The molecule has 0 saturated carbocycles. The molecule has 1 heterocycles. The molecule has 0 unspecified atom stereocenters. The Kier molecular flexibility index (Phi) is 5.05. The predicted octanol–water partition coefficient (Wildman–Crippen LogP) is 2.02. The SMILES string of the molecule is O=C(N[C@@H](CO)Cc1ccccc1)[C@@H]1OCCc2ccccc21. The van der Waals surface area contributed by atoms with E-state index in [0.717, 1.165) is 23.1 Å². The third-order valence-electron chi connectivity index (χ3n) is 4.12. The molecule has 0 spiro atoms. The fraction of sp³-hybridized carbons (Fsp3) is 0.316. The minimum Gasteiger partial charge on any atom is -0.394 e. The molecule has 4 heteroatoms. The summed E-state index contributed by atoms with van der Waals surface area (Å²) in [6.07, 6.45) is 0.829. The molecular weight excluding hydrogens is 290 g/mol. The number of aliphatic hydroxyl groups is 1. The molecule has 0 bridgehead atoms. The van der Waals surface area contributed by atoms with Crippen LogP contribution < -0.4 is 5.32 Å². The summed E-state index contributed by atoms with van der Waals surface area (Å²) in [5.41, 5.74) is 3.16. The van der Waals surface area contributed by atoms with Crippen molar-refractivity contribution in [2.45, 2.75) is 25.0 Å². The number of ether oxygens (including phenoxy) is 1. The highest BCUT2D eigenvalue weighted by atomic mass is 16.5. The van der Waals surface area contributed by atoms with Crippen molar-refractivity contribution >= 4 is 5.91 Å². The normalized spacial score (nSPS) is 18.0. The van der Waals surface area contributed by atoms with Gasteiger partial charge in [-0.05, 0) is 29.5 Å². The van der Waals surface area contributed by atoms with Crippen LogP contribution in [0.3, 0.4) is 0 Å². The van der Waals surface area contributed by atoms with Gasteiger partial charge in [0.15, 0.2) is 6.10 Å². The quantitative estimate of drug-likeness (QED) is 0.888. The van der Waals surface area contributed by atoms with Crippen LogP contribution in [0.1, 0.15) is 22.8 Å². The lowest BCUT2D eigenvalue weighted by Gasteiger charge is -2.27. The van der Waals surface area contributed by atoms with Crippen molar-refractivity contribution in [2.24, 2.45) is 0 Å². The molecule has 1 amide bonds. The minimum absolute atomic E-state index is 0.102. The van der Waals surface area contributed by atoms with E-state index in [9.17, 15) is 9.90 Å². The van der Waals surface area contributed by atoms with Gasteiger partial charge in [-0.3, -0.25) is 4.79 Å². The zero-order valence-electron chi connectivity index (χ0n) is 12.9. The van der Waals surface area contributed by atoms with Crippen LogP contribution in [0.2, 0.25) is 0 Å². The van der Waals surface area contributed by atoms with Crippen LogP contribution in [-0.2, 0) is 22.4 Å². The summed E-state index contributed by atoms with van der Waals surface area (Å²) in [6.45, 7) is 0.437. The monoisotopic (exact) mass is 311 g/mol. The number of carbonyl (C=O) groups excluding carboxylic acids is 1. The van der Waals surface area contributed by atoms with Gasteiger partial charge in [-0.1, -0.05) is 54.6 Å². The van der Waals surface area contributed by atoms with Crippen molar-refractivity contribution in [1.29, 1.82) is 0 Å². The van der Waals surface area contributed by atoms with Crippen molar-refractivity contribution in [3.05, 3.63) is 71.3 Å². The maximum absolute atomic E-state index is 12.6. The number of benzene rings is 2. The highest BCUT2D eigenvalue weighted by Crippen LogP contribution is 2.27. The molecule has 0 aromatic heterocycles. The molecule has 2 atom stereocenters. The van der Waals surface area contributed by atoms with Gasteiger partial charge in [-0.2, -0.15) is 0 Å². The van der Waals surface area contributed by atoms with Crippen LogP contribution in [-0.4, -0.2) is 30.3 Å². The Hall–Kier alpha value is -2.17. The molecule has 2 aromatic rings. The molecule has 1 aliphatic rings. The average molecular weight is 311 g/mol. The van der Waals surface area contributed by atoms with Crippen LogP contribution in [0.15, 0.2) is 54.6 Å². The van der Waals surface area contributed by atoms with E-state index < -0.39 is 6.10 Å². The van der Waals surface area contributed by atoms with Gasteiger partial charge in [0, 0.05) is 0 Å².